The Morgan fingerprint density at radius 2 is 2.16 bits per heavy atom. The summed E-state index contributed by atoms with van der Waals surface area (Å²) in [4.78, 5) is 8.45. The van der Waals surface area contributed by atoms with Crippen molar-refractivity contribution in [3.8, 4) is 0 Å². The monoisotopic (exact) mass is 273 g/mol. The highest BCUT2D eigenvalue weighted by Gasteiger charge is 2.31. The van der Waals surface area contributed by atoms with Crippen molar-refractivity contribution < 1.29 is 0 Å². The number of nitrogens with zero attached hydrogens (tertiary/aromatic N) is 2. The van der Waals surface area contributed by atoms with Gasteiger partial charge in [0.15, 0.2) is 5.13 Å². The van der Waals surface area contributed by atoms with Crippen molar-refractivity contribution in [2.24, 2.45) is 0 Å². The largest absolute Gasteiger partial charge is 0.399 e. The van der Waals surface area contributed by atoms with E-state index in [0.717, 1.165) is 23.1 Å². The van der Waals surface area contributed by atoms with Gasteiger partial charge < -0.3 is 10.6 Å². The van der Waals surface area contributed by atoms with Crippen LogP contribution in [-0.4, -0.2) is 11.0 Å². The number of thiazole rings is 1. The summed E-state index contributed by atoms with van der Waals surface area (Å²) in [7, 11) is 0. The molecule has 0 unspecified atom stereocenters. The second-order valence-electron chi connectivity index (χ2n) is 5.24. The normalized spacial score (nSPS) is 14.6. The van der Waals surface area contributed by atoms with E-state index in [-0.39, 0.29) is 0 Å². The molecule has 1 fully saturated rings. The lowest BCUT2D eigenvalue weighted by atomic mass is 10.2. The quantitative estimate of drug-likeness (QED) is 0.867. The molecule has 1 saturated carbocycles. The Morgan fingerprint density at radius 1 is 1.37 bits per heavy atom. The van der Waals surface area contributed by atoms with Crippen LogP contribution in [0.2, 0.25) is 0 Å². The first-order valence-corrected chi connectivity index (χ1v) is 7.50. The summed E-state index contributed by atoms with van der Waals surface area (Å²) in [5.74, 6) is 0. The Kier molecular flexibility index (Phi) is 3.19. The van der Waals surface area contributed by atoms with Crippen LogP contribution in [0.15, 0.2) is 24.3 Å². The number of hydrogen-bond acceptors (Lipinski definition) is 4. The van der Waals surface area contributed by atoms with Crippen LogP contribution in [0.1, 0.15) is 29.0 Å². The minimum atomic E-state index is 0.659. The number of aryl methyl sites for hydroxylation is 2. The molecule has 100 valence electrons. The third-order valence-electron chi connectivity index (χ3n) is 3.55. The fourth-order valence-corrected chi connectivity index (χ4v) is 3.19. The molecule has 0 atom stereocenters. The van der Waals surface area contributed by atoms with Crippen LogP contribution in [-0.2, 0) is 6.54 Å². The molecule has 0 amide bonds. The fraction of sp³-hybridized carbons (Fsp3) is 0.400. The van der Waals surface area contributed by atoms with E-state index in [1.807, 2.05) is 12.1 Å². The molecule has 3 nitrogen and oxygen atoms in total. The number of anilines is 2. The molecule has 2 aromatic rings. The van der Waals surface area contributed by atoms with Gasteiger partial charge in [0.25, 0.3) is 0 Å². The SMILES string of the molecule is Cc1nc(N(Cc2cccc(N)c2)C2CC2)sc1C. The van der Waals surface area contributed by atoms with Gasteiger partial charge in [-0.05, 0) is 44.4 Å². The molecule has 2 N–H and O–H groups in total. The van der Waals surface area contributed by atoms with E-state index in [1.165, 1.54) is 23.3 Å². The standard InChI is InChI=1S/C15H19N3S/c1-10-11(2)19-15(17-10)18(14-6-7-14)9-12-4-3-5-13(16)8-12/h3-5,8,14H,6-7,9,16H2,1-2H3. The fourth-order valence-electron chi connectivity index (χ4n) is 2.21. The molecular weight excluding hydrogens is 254 g/mol. The summed E-state index contributed by atoms with van der Waals surface area (Å²) in [6, 6.07) is 8.81. The second kappa shape index (κ2) is 4.85. The topological polar surface area (TPSA) is 42.2 Å². The zero-order chi connectivity index (χ0) is 13.4. The molecule has 0 bridgehead atoms. The minimum absolute atomic E-state index is 0.659. The highest BCUT2D eigenvalue weighted by molar-refractivity contribution is 7.15. The number of benzene rings is 1. The highest BCUT2D eigenvalue weighted by atomic mass is 32.1. The summed E-state index contributed by atoms with van der Waals surface area (Å²) in [5.41, 5.74) is 9.11. The van der Waals surface area contributed by atoms with Crippen molar-refractivity contribution in [3.05, 3.63) is 40.4 Å². The predicted octanol–water partition coefficient (Wildman–Crippen LogP) is 3.51. The van der Waals surface area contributed by atoms with Gasteiger partial charge in [0.1, 0.15) is 0 Å². The van der Waals surface area contributed by atoms with E-state index in [0.29, 0.717) is 6.04 Å². The Bertz CT molecular complexity index is 567. The zero-order valence-electron chi connectivity index (χ0n) is 11.4. The average Bonchev–Trinajstić information content (AvgIpc) is 3.14. The lowest BCUT2D eigenvalue weighted by Crippen LogP contribution is -2.24. The Morgan fingerprint density at radius 3 is 2.74 bits per heavy atom. The van der Waals surface area contributed by atoms with Crippen LogP contribution < -0.4 is 10.6 Å². The second-order valence-corrected chi connectivity index (χ2v) is 6.42. The number of aromatic nitrogens is 1. The molecule has 19 heavy (non-hydrogen) atoms. The van der Waals surface area contributed by atoms with Gasteiger partial charge in [0.2, 0.25) is 0 Å². The van der Waals surface area contributed by atoms with Crippen molar-refractivity contribution >= 4 is 22.2 Å². The van der Waals surface area contributed by atoms with E-state index in [4.69, 9.17) is 10.7 Å². The number of nitrogen functional groups attached to an aromatic ring is 1. The lowest BCUT2D eigenvalue weighted by Gasteiger charge is -2.21. The third kappa shape index (κ3) is 2.73. The molecular formula is C15H19N3S. The first kappa shape index (κ1) is 12.5. The van der Waals surface area contributed by atoms with Gasteiger partial charge >= 0.3 is 0 Å². The van der Waals surface area contributed by atoms with Crippen molar-refractivity contribution in [2.75, 3.05) is 10.6 Å². The summed E-state index contributed by atoms with van der Waals surface area (Å²) in [6.45, 7) is 5.13. The molecule has 4 heteroatoms. The number of hydrogen-bond donors (Lipinski definition) is 1. The molecule has 0 spiro atoms. The third-order valence-corrected chi connectivity index (χ3v) is 4.66. The molecule has 0 aliphatic heterocycles. The van der Waals surface area contributed by atoms with Crippen molar-refractivity contribution in [3.63, 3.8) is 0 Å². The summed E-state index contributed by atoms with van der Waals surface area (Å²) in [5, 5.41) is 1.15. The lowest BCUT2D eigenvalue weighted by molar-refractivity contribution is 0.788. The molecule has 1 heterocycles. The van der Waals surface area contributed by atoms with Gasteiger partial charge in [-0.1, -0.05) is 12.1 Å². The number of rotatable bonds is 4. The van der Waals surface area contributed by atoms with Crippen LogP contribution in [0.5, 0.6) is 0 Å². The molecule has 3 rings (SSSR count). The molecule has 1 aliphatic rings. The van der Waals surface area contributed by atoms with E-state index in [9.17, 15) is 0 Å². The maximum absolute atomic E-state index is 5.86. The van der Waals surface area contributed by atoms with Crippen molar-refractivity contribution in [1.82, 2.24) is 4.98 Å². The van der Waals surface area contributed by atoms with Crippen LogP contribution >= 0.6 is 11.3 Å². The Labute approximate surface area is 118 Å². The summed E-state index contributed by atoms with van der Waals surface area (Å²) in [6.07, 6.45) is 2.56. The van der Waals surface area contributed by atoms with Gasteiger partial charge in [-0.25, -0.2) is 4.98 Å². The maximum Gasteiger partial charge on any atom is 0.186 e. The van der Waals surface area contributed by atoms with Gasteiger partial charge in [0.05, 0.1) is 5.69 Å². The van der Waals surface area contributed by atoms with Crippen molar-refractivity contribution in [2.45, 2.75) is 39.3 Å². The molecule has 1 aromatic heterocycles. The smallest absolute Gasteiger partial charge is 0.186 e. The van der Waals surface area contributed by atoms with E-state index in [1.54, 1.807) is 11.3 Å². The van der Waals surface area contributed by atoms with E-state index >= 15 is 0 Å². The van der Waals surface area contributed by atoms with Crippen LogP contribution in [0.25, 0.3) is 0 Å². The maximum atomic E-state index is 5.86. The molecule has 0 radical (unpaired) electrons. The van der Waals surface area contributed by atoms with E-state index in [2.05, 4.69) is 30.9 Å². The minimum Gasteiger partial charge on any atom is -0.399 e. The number of nitrogens with two attached hydrogens (primary N) is 1. The summed E-state index contributed by atoms with van der Waals surface area (Å²) < 4.78 is 0. The first-order valence-electron chi connectivity index (χ1n) is 6.68. The van der Waals surface area contributed by atoms with E-state index < -0.39 is 0 Å². The molecule has 0 saturated heterocycles. The molecule has 1 aromatic carbocycles. The van der Waals surface area contributed by atoms with Gasteiger partial charge in [0, 0.05) is 23.2 Å². The Hall–Kier alpha value is -1.55. The average molecular weight is 273 g/mol. The summed E-state index contributed by atoms with van der Waals surface area (Å²) >= 11 is 1.80. The van der Waals surface area contributed by atoms with Crippen molar-refractivity contribution in [1.29, 1.82) is 0 Å². The first-order chi connectivity index (χ1) is 9.13. The highest BCUT2D eigenvalue weighted by Crippen LogP contribution is 2.36. The zero-order valence-corrected chi connectivity index (χ0v) is 12.2. The van der Waals surface area contributed by atoms with Gasteiger partial charge in [-0.3, -0.25) is 0 Å². The van der Waals surface area contributed by atoms with Crippen LogP contribution in [0.4, 0.5) is 10.8 Å². The molecule has 1 aliphatic carbocycles. The predicted molar refractivity (Wildman–Crippen MR) is 81.6 cm³/mol. The van der Waals surface area contributed by atoms with Gasteiger partial charge in [-0.2, -0.15) is 0 Å². The Balaban J connectivity index is 1.85. The van der Waals surface area contributed by atoms with Crippen LogP contribution in [0.3, 0.4) is 0 Å². The van der Waals surface area contributed by atoms with Crippen LogP contribution in [0, 0.1) is 13.8 Å². The van der Waals surface area contributed by atoms with Gasteiger partial charge in [-0.15, -0.1) is 11.3 Å².